The molecule has 24 heavy (non-hydrogen) atoms. The highest BCUT2D eigenvalue weighted by Gasteiger charge is 2.17. The Morgan fingerprint density at radius 3 is 2.54 bits per heavy atom. The summed E-state index contributed by atoms with van der Waals surface area (Å²) in [6.45, 7) is 1.53. The first kappa shape index (κ1) is 14.7. The predicted molar refractivity (Wildman–Crippen MR) is 93.1 cm³/mol. The zero-order valence-electron chi connectivity index (χ0n) is 13.4. The van der Waals surface area contributed by atoms with Crippen LogP contribution in [0.3, 0.4) is 0 Å². The standard InChI is InChI=1S/C20H17NO3/c1-12(22)13-5-7-14(8-6-13)24-15-9-10-19-17(11-15)20(23)16-3-2-4-18(16)21-19/h5-11H,2-4H2,1H3,(H,21,23). The molecular weight excluding hydrogens is 302 g/mol. The smallest absolute Gasteiger partial charge is 0.192 e. The van der Waals surface area contributed by atoms with E-state index in [9.17, 15) is 9.59 Å². The minimum atomic E-state index is 0.0210. The number of Topliss-reactive ketones (excluding diaryl/α,β-unsaturated/α-hetero) is 1. The van der Waals surface area contributed by atoms with Crippen molar-refractivity contribution in [2.45, 2.75) is 26.2 Å². The minimum Gasteiger partial charge on any atom is -0.457 e. The minimum absolute atomic E-state index is 0.0210. The van der Waals surface area contributed by atoms with Crippen LogP contribution in [-0.4, -0.2) is 10.8 Å². The summed E-state index contributed by atoms with van der Waals surface area (Å²) in [5, 5.41) is 0.661. The van der Waals surface area contributed by atoms with Gasteiger partial charge in [-0.05, 0) is 68.7 Å². The Hall–Kier alpha value is -2.88. The summed E-state index contributed by atoms with van der Waals surface area (Å²) in [6, 6.07) is 12.5. The molecule has 1 aliphatic carbocycles. The van der Waals surface area contributed by atoms with E-state index in [1.54, 1.807) is 30.3 Å². The van der Waals surface area contributed by atoms with Gasteiger partial charge in [-0.15, -0.1) is 0 Å². The van der Waals surface area contributed by atoms with Crippen molar-refractivity contribution >= 4 is 16.7 Å². The summed E-state index contributed by atoms with van der Waals surface area (Å²) in [5.41, 5.74) is 3.58. The number of hydrogen-bond acceptors (Lipinski definition) is 3. The van der Waals surface area contributed by atoms with Crippen LogP contribution >= 0.6 is 0 Å². The van der Waals surface area contributed by atoms with Gasteiger partial charge in [0.15, 0.2) is 11.2 Å². The number of aromatic nitrogens is 1. The Balaban J connectivity index is 1.70. The summed E-state index contributed by atoms with van der Waals surface area (Å²) in [7, 11) is 0. The molecule has 3 aromatic rings. The normalized spacial score (nSPS) is 13.0. The van der Waals surface area contributed by atoms with E-state index in [0.29, 0.717) is 22.4 Å². The summed E-state index contributed by atoms with van der Waals surface area (Å²) in [5.74, 6) is 1.27. The van der Waals surface area contributed by atoms with E-state index in [1.807, 2.05) is 12.1 Å². The second kappa shape index (κ2) is 5.64. The Kier molecular flexibility index (Phi) is 3.45. The number of rotatable bonds is 3. The number of nitrogens with one attached hydrogen (secondary N) is 1. The summed E-state index contributed by atoms with van der Waals surface area (Å²) in [6.07, 6.45) is 2.82. The molecule has 4 rings (SSSR count). The number of pyridine rings is 1. The van der Waals surface area contributed by atoms with Crippen LogP contribution in [0.15, 0.2) is 47.3 Å². The van der Waals surface area contributed by atoms with Crippen LogP contribution in [0.4, 0.5) is 0 Å². The molecule has 120 valence electrons. The highest BCUT2D eigenvalue weighted by molar-refractivity contribution is 5.94. The van der Waals surface area contributed by atoms with E-state index in [4.69, 9.17) is 4.74 Å². The van der Waals surface area contributed by atoms with Crippen molar-refractivity contribution < 1.29 is 9.53 Å². The highest BCUT2D eigenvalue weighted by atomic mass is 16.5. The molecule has 1 aromatic heterocycles. The van der Waals surface area contributed by atoms with Crippen LogP contribution in [0.25, 0.3) is 10.9 Å². The molecule has 0 bridgehead atoms. The molecule has 0 saturated carbocycles. The van der Waals surface area contributed by atoms with Crippen LogP contribution in [0, 0.1) is 0 Å². The second-order valence-corrected chi connectivity index (χ2v) is 6.15. The first-order chi connectivity index (χ1) is 11.6. The van der Waals surface area contributed by atoms with E-state index in [2.05, 4.69) is 4.98 Å². The van der Waals surface area contributed by atoms with Crippen molar-refractivity contribution in [1.29, 1.82) is 0 Å². The van der Waals surface area contributed by atoms with Gasteiger partial charge in [0, 0.05) is 27.7 Å². The van der Waals surface area contributed by atoms with Gasteiger partial charge in [-0.2, -0.15) is 0 Å². The maximum atomic E-state index is 12.6. The van der Waals surface area contributed by atoms with Crippen LogP contribution in [0.2, 0.25) is 0 Å². The number of benzene rings is 2. The largest absolute Gasteiger partial charge is 0.457 e. The van der Waals surface area contributed by atoms with Gasteiger partial charge in [-0.1, -0.05) is 0 Å². The molecule has 1 aliphatic rings. The predicted octanol–water partition coefficient (Wildman–Crippen LogP) is 4.01. The molecule has 0 amide bonds. The lowest BCUT2D eigenvalue weighted by atomic mass is 10.1. The zero-order chi connectivity index (χ0) is 16.7. The second-order valence-electron chi connectivity index (χ2n) is 6.15. The molecule has 0 aliphatic heterocycles. The average Bonchev–Trinajstić information content (AvgIpc) is 3.05. The van der Waals surface area contributed by atoms with E-state index in [0.717, 1.165) is 36.0 Å². The van der Waals surface area contributed by atoms with Crippen molar-refractivity contribution in [3.63, 3.8) is 0 Å². The third kappa shape index (κ3) is 2.50. The molecule has 1 N–H and O–H groups in total. The molecule has 0 radical (unpaired) electrons. The van der Waals surface area contributed by atoms with Gasteiger partial charge < -0.3 is 9.72 Å². The molecule has 0 fully saturated rings. The molecule has 1 heterocycles. The highest BCUT2D eigenvalue weighted by Crippen LogP contribution is 2.26. The van der Waals surface area contributed by atoms with Gasteiger partial charge in [0.25, 0.3) is 0 Å². The number of aromatic amines is 1. The molecular formula is C20H17NO3. The number of ether oxygens (including phenoxy) is 1. The first-order valence-electron chi connectivity index (χ1n) is 8.08. The number of fused-ring (bicyclic) bond motifs is 2. The van der Waals surface area contributed by atoms with Crippen molar-refractivity contribution in [2.75, 3.05) is 0 Å². The number of carbonyl (C=O) groups is 1. The van der Waals surface area contributed by atoms with Crippen LogP contribution < -0.4 is 10.2 Å². The van der Waals surface area contributed by atoms with E-state index < -0.39 is 0 Å². The fraction of sp³-hybridized carbons (Fsp3) is 0.200. The lowest BCUT2D eigenvalue weighted by Crippen LogP contribution is -2.10. The number of ketones is 1. The Labute approximate surface area is 139 Å². The molecule has 2 aromatic carbocycles. The van der Waals surface area contributed by atoms with Gasteiger partial charge in [0.2, 0.25) is 0 Å². The van der Waals surface area contributed by atoms with E-state index >= 15 is 0 Å². The summed E-state index contributed by atoms with van der Waals surface area (Å²) in [4.78, 5) is 27.3. The Morgan fingerprint density at radius 1 is 1.04 bits per heavy atom. The lowest BCUT2D eigenvalue weighted by molar-refractivity contribution is 0.101. The SMILES string of the molecule is CC(=O)c1ccc(Oc2ccc3[nH]c4c(c(=O)c3c2)CCC4)cc1. The van der Waals surface area contributed by atoms with E-state index in [1.165, 1.54) is 6.92 Å². The lowest BCUT2D eigenvalue weighted by Gasteiger charge is -2.09. The topological polar surface area (TPSA) is 59.2 Å². The van der Waals surface area contributed by atoms with Crippen LogP contribution in [-0.2, 0) is 12.8 Å². The van der Waals surface area contributed by atoms with Gasteiger partial charge in [0.1, 0.15) is 11.5 Å². The fourth-order valence-electron chi connectivity index (χ4n) is 3.23. The van der Waals surface area contributed by atoms with Gasteiger partial charge >= 0.3 is 0 Å². The zero-order valence-corrected chi connectivity index (χ0v) is 13.4. The molecule has 0 atom stereocenters. The average molecular weight is 319 g/mol. The molecule has 0 unspecified atom stereocenters. The van der Waals surface area contributed by atoms with Crippen LogP contribution in [0.5, 0.6) is 11.5 Å². The summed E-state index contributed by atoms with van der Waals surface area (Å²) >= 11 is 0. The third-order valence-corrected chi connectivity index (χ3v) is 4.51. The first-order valence-corrected chi connectivity index (χ1v) is 8.08. The molecule has 4 nitrogen and oxygen atoms in total. The number of carbonyl (C=O) groups excluding carboxylic acids is 1. The molecule has 0 saturated heterocycles. The maximum Gasteiger partial charge on any atom is 0.192 e. The van der Waals surface area contributed by atoms with Crippen LogP contribution in [0.1, 0.15) is 35.0 Å². The monoisotopic (exact) mass is 319 g/mol. The summed E-state index contributed by atoms with van der Waals surface area (Å²) < 4.78 is 5.83. The molecule has 0 spiro atoms. The van der Waals surface area contributed by atoms with Crippen molar-refractivity contribution in [2.24, 2.45) is 0 Å². The third-order valence-electron chi connectivity index (χ3n) is 4.51. The quantitative estimate of drug-likeness (QED) is 0.742. The van der Waals surface area contributed by atoms with Crippen molar-refractivity contribution in [3.8, 4) is 11.5 Å². The maximum absolute atomic E-state index is 12.6. The number of hydrogen-bond donors (Lipinski definition) is 1. The number of H-pyrrole nitrogens is 1. The van der Waals surface area contributed by atoms with Crippen molar-refractivity contribution in [3.05, 3.63) is 69.5 Å². The van der Waals surface area contributed by atoms with Gasteiger partial charge in [-0.25, -0.2) is 0 Å². The van der Waals surface area contributed by atoms with E-state index in [-0.39, 0.29) is 11.2 Å². The van der Waals surface area contributed by atoms with Gasteiger partial charge in [0.05, 0.1) is 0 Å². The Morgan fingerprint density at radius 2 is 1.79 bits per heavy atom. The van der Waals surface area contributed by atoms with Gasteiger partial charge in [-0.3, -0.25) is 9.59 Å². The molecule has 4 heteroatoms. The number of aryl methyl sites for hydroxylation is 1. The fourth-order valence-corrected chi connectivity index (χ4v) is 3.23. The Bertz CT molecular complexity index is 1000. The van der Waals surface area contributed by atoms with Crippen molar-refractivity contribution in [1.82, 2.24) is 4.98 Å².